The molecular weight excluding hydrogens is 332 g/mol. The van der Waals surface area contributed by atoms with Crippen molar-refractivity contribution in [3.8, 4) is 11.1 Å². The molecule has 2 aromatic rings. The number of nitrogens with zero attached hydrogens (tertiary/aromatic N) is 1. The minimum atomic E-state index is -4.26. The first-order chi connectivity index (χ1) is 10.0. The lowest BCUT2D eigenvalue weighted by molar-refractivity contribution is 0.0690. The molecule has 0 aliphatic carbocycles. The molecule has 1 aromatic heterocycles. The van der Waals surface area contributed by atoms with Crippen LogP contribution in [0.25, 0.3) is 11.1 Å². The first-order valence-corrected chi connectivity index (χ1v) is 9.19. The van der Waals surface area contributed by atoms with Crippen molar-refractivity contribution in [3.05, 3.63) is 42.2 Å². The van der Waals surface area contributed by atoms with Gasteiger partial charge < -0.3 is 5.11 Å². The van der Waals surface area contributed by atoms with Crippen LogP contribution in [0.2, 0.25) is 0 Å². The number of nitrogens with two attached hydrogens (primary N) is 1. The van der Waals surface area contributed by atoms with Crippen LogP contribution in [0.15, 0.2) is 41.4 Å². The highest BCUT2D eigenvalue weighted by Gasteiger charge is 2.22. The highest BCUT2D eigenvalue weighted by Crippen LogP contribution is 2.27. The third-order valence-corrected chi connectivity index (χ3v) is 4.90. The smallest absolute Gasteiger partial charge is 0.354 e. The predicted octanol–water partition coefficient (Wildman–Crippen LogP) is 0.308. The molecule has 0 aliphatic heterocycles. The fourth-order valence-electron chi connectivity index (χ4n) is 1.95. The van der Waals surface area contributed by atoms with Crippen molar-refractivity contribution in [3.63, 3.8) is 0 Å². The number of hydrogen-bond acceptors (Lipinski definition) is 5. The Morgan fingerprint density at radius 3 is 2.05 bits per heavy atom. The van der Waals surface area contributed by atoms with Gasteiger partial charge >= 0.3 is 16.2 Å². The van der Waals surface area contributed by atoms with Crippen LogP contribution in [0.5, 0.6) is 0 Å². The molecule has 0 saturated heterocycles. The molecule has 2 rings (SSSR count). The van der Waals surface area contributed by atoms with E-state index >= 15 is 0 Å². The van der Waals surface area contributed by atoms with Crippen molar-refractivity contribution >= 4 is 26.0 Å². The lowest BCUT2D eigenvalue weighted by Gasteiger charge is -2.06. The molecule has 1 heterocycles. The fraction of sp³-hybridized carbons (Fsp3) is 0.0833. The topological polar surface area (TPSA) is 137 Å². The molecule has 0 radical (unpaired) electrons. The van der Waals surface area contributed by atoms with Crippen LogP contribution in [0, 0.1) is 0 Å². The lowest BCUT2D eigenvalue weighted by atomic mass is 10.1. The molecule has 0 saturated carbocycles. The number of sulfone groups is 1. The summed E-state index contributed by atoms with van der Waals surface area (Å²) in [5, 5.41) is 14.2. The standard InChI is InChI=1S/C12H12N2O6S2/c1-21(17,18)9-4-2-8(3-5-9)10-6-7-14(22(13,19)20)11(10)12(15)16/h2-7H,1H3,(H,15,16)(H2,13,19,20). The van der Waals surface area contributed by atoms with E-state index in [0.29, 0.717) is 9.54 Å². The Morgan fingerprint density at radius 2 is 1.64 bits per heavy atom. The van der Waals surface area contributed by atoms with Crippen LogP contribution in [0.3, 0.4) is 0 Å². The molecule has 0 aliphatic rings. The van der Waals surface area contributed by atoms with Crippen molar-refractivity contribution < 1.29 is 26.7 Å². The number of aromatic nitrogens is 1. The second-order valence-electron chi connectivity index (χ2n) is 4.52. The third kappa shape index (κ3) is 3.03. The molecule has 0 amide bonds. The summed E-state index contributed by atoms with van der Waals surface area (Å²) in [6.45, 7) is 0. The molecule has 118 valence electrons. The van der Waals surface area contributed by atoms with Gasteiger partial charge in [0.15, 0.2) is 15.5 Å². The van der Waals surface area contributed by atoms with Gasteiger partial charge in [0.1, 0.15) is 0 Å². The zero-order chi connectivity index (χ0) is 16.7. The highest BCUT2D eigenvalue weighted by atomic mass is 32.2. The maximum atomic E-state index is 11.4. The first kappa shape index (κ1) is 16.2. The van der Waals surface area contributed by atoms with Gasteiger partial charge in [-0.25, -0.2) is 22.3 Å². The maximum Gasteiger partial charge on any atom is 0.354 e. The number of carbonyl (C=O) groups is 1. The van der Waals surface area contributed by atoms with Crippen molar-refractivity contribution in [2.24, 2.45) is 5.14 Å². The van der Waals surface area contributed by atoms with Gasteiger partial charge in [0, 0.05) is 18.0 Å². The monoisotopic (exact) mass is 344 g/mol. The van der Waals surface area contributed by atoms with Gasteiger partial charge in [-0.2, -0.15) is 8.42 Å². The zero-order valence-electron chi connectivity index (χ0n) is 11.3. The second-order valence-corrected chi connectivity index (χ2v) is 7.96. The van der Waals surface area contributed by atoms with E-state index in [1.54, 1.807) is 0 Å². The molecular formula is C12H12N2O6S2. The molecule has 3 N–H and O–H groups in total. The van der Waals surface area contributed by atoms with Crippen molar-refractivity contribution in [1.82, 2.24) is 3.97 Å². The molecule has 10 heteroatoms. The number of carboxylic acid groups (broad SMARTS) is 1. The van der Waals surface area contributed by atoms with Gasteiger partial charge in [0.2, 0.25) is 0 Å². The van der Waals surface area contributed by atoms with Gasteiger partial charge in [0.05, 0.1) is 4.90 Å². The van der Waals surface area contributed by atoms with Gasteiger partial charge in [-0.1, -0.05) is 12.1 Å². The number of carboxylic acids is 1. The molecule has 1 aromatic carbocycles. The molecule has 0 fully saturated rings. The summed E-state index contributed by atoms with van der Waals surface area (Å²) < 4.78 is 46.0. The van der Waals surface area contributed by atoms with Crippen LogP contribution in [-0.2, 0) is 20.0 Å². The van der Waals surface area contributed by atoms with E-state index in [4.69, 9.17) is 5.14 Å². The molecule has 0 bridgehead atoms. The summed E-state index contributed by atoms with van der Waals surface area (Å²) in [5.41, 5.74) is -0.0524. The van der Waals surface area contributed by atoms with E-state index < -0.39 is 31.7 Å². The normalized spacial score (nSPS) is 12.3. The van der Waals surface area contributed by atoms with E-state index in [2.05, 4.69) is 0 Å². The van der Waals surface area contributed by atoms with E-state index in [1.165, 1.54) is 30.3 Å². The third-order valence-electron chi connectivity index (χ3n) is 2.92. The Labute approximate surface area is 126 Å². The van der Waals surface area contributed by atoms with Crippen molar-refractivity contribution in [2.75, 3.05) is 6.26 Å². The summed E-state index contributed by atoms with van der Waals surface area (Å²) in [4.78, 5) is 11.4. The van der Waals surface area contributed by atoms with Crippen LogP contribution < -0.4 is 5.14 Å². The van der Waals surface area contributed by atoms with E-state index in [0.717, 1.165) is 12.5 Å². The highest BCUT2D eigenvalue weighted by molar-refractivity contribution is 7.90. The molecule has 8 nitrogen and oxygen atoms in total. The second kappa shape index (κ2) is 5.23. The Kier molecular flexibility index (Phi) is 3.85. The first-order valence-electron chi connectivity index (χ1n) is 5.80. The number of aromatic carboxylic acids is 1. The maximum absolute atomic E-state index is 11.4. The van der Waals surface area contributed by atoms with Gasteiger partial charge in [-0.15, -0.1) is 0 Å². The largest absolute Gasteiger partial charge is 0.477 e. The molecule has 22 heavy (non-hydrogen) atoms. The Bertz CT molecular complexity index is 940. The minimum Gasteiger partial charge on any atom is -0.477 e. The van der Waals surface area contributed by atoms with Crippen LogP contribution in [0.4, 0.5) is 0 Å². The quantitative estimate of drug-likeness (QED) is 0.819. The van der Waals surface area contributed by atoms with E-state index in [-0.39, 0.29) is 10.5 Å². The molecule has 0 atom stereocenters. The Balaban J connectivity index is 2.64. The number of benzene rings is 1. The summed E-state index contributed by atoms with van der Waals surface area (Å²) in [6, 6.07) is 6.69. The number of hydrogen-bond donors (Lipinski definition) is 2. The van der Waals surface area contributed by atoms with Crippen molar-refractivity contribution in [2.45, 2.75) is 4.90 Å². The van der Waals surface area contributed by atoms with Gasteiger partial charge in [-0.05, 0) is 23.8 Å². The minimum absolute atomic E-state index is 0.0685. The van der Waals surface area contributed by atoms with Crippen LogP contribution in [0.1, 0.15) is 10.5 Å². The molecule has 0 spiro atoms. The Morgan fingerprint density at radius 1 is 1.09 bits per heavy atom. The SMILES string of the molecule is CS(=O)(=O)c1ccc(-c2ccn(S(N)(=O)=O)c2C(=O)O)cc1. The zero-order valence-corrected chi connectivity index (χ0v) is 12.9. The van der Waals surface area contributed by atoms with E-state index in [1.807, 2.05) is 0 Å². The fourth-order valence-corrected chi connectivity index (χ4v) is 3.24. The Hall–Kier alpha value is -2.17. The predicted molar refractivity (Wildman–Crippen MR) is 78.4 cm³/mol. The van der Waals surface area contributed by atoms with Crippen LogP contribution >= 0.6 is 0 Å². The number of rotatable bonds is 4. The summed E-state index contributed by atoms with van der Waals surface area (Å²) in [6.07, 6.45) is 2.07. The van der Waals surface area contributed by atoms with Crippen molar-refractivity contribution in [1.29, 1.82) is 0 Å². The summed E-state index contributed by atoms with van der Waals surface area (Å²) in [7, 11) is -7.64. The average molecular weight is 344 g/mol. The lowest BCUT2D eigenvalue weighted by Crippen LogP contribution is -2.24. The van der Waals surface area contributed by atoms with Gasteiger partial charge in [-0.3, -0.25) is 0 Å². The van der Waals surface area contributed by atoms with E-state index in [9.17, 15) is 26.7 Å². The summed E-state index contributed by atoms with van der Waals surface area (Å²) >= 11 is 0. The molecule has 0 unspecified atom stereocenters. The van der Waals surface area contributed by atoms with Crippen LogP contribution in [-0.4, -0.2) is 38.1 Å². The van der Waals surface area contributed by atoms with Gasteiger partial charge in [0.25, 0.3) is 0 Å². The summed E-state index contributed by atoms with van der Waals surface area (Å²) in [5.74, 6) is -1.47. The average Bonchev–Trinajstić information content (AvgIpc) is 2.82.